The fourth-order valence-electron chi connectivity index (χ4n) is 3.43. The van der Waals surface area contributed by atoms with Gasteiger partial charge in [-0.3, -0.25) is 5.10 Å². The number of likely N-dealkylation sites (N-methyl/N-ethyl adjacent to an activating group) is 1. The Bertz CT molecular complexity index is 914. The minimum absolute atomic E-state index is 0.180. The number of nitrogens with zero attached hydrogens (tertiary/aromatic N) is 4. The van der Waals surface area contributed by atoms with Gasteiger partial charge in [-0.05, 0) is 25.0 Å². The van der Waals surface area contributed by atoms with E-state index in [0.717, 1.165) is 34.1 Å². The van der Waals surface area contributed by atoms with Gasteiger partial charge < -0.3 is 10.6 Å². The van der Waals surface area contributed by atoms with Gasteiger partial charge in [0, 0.05) is 24.0 Å². The van der Waals surface area contributed by atoms with Gasteiger partial charge in [0.2, 0.25) is 0 Å². The Kier molecular flexibility index (Phi) is 5.02. The predicted molar refractivity (Wildman–Crippen MR) is 106 cm³/mol. The quantitative estimate of drug-likeness (QED) is 0.705. The summed E-state index contributed by atoms with van der Waals surface area (Å²) < 4.78 is 0. The lowest BCUT2D eigenvalue weighted by molar-refractivity contribution is 0.372. The Morgan fingerprint density at radius 2 is 2.08 bits per heavy atom. The normalized spacial score (nSPS) is 20.4. The molecule has 2 atom stereocenters. The topological polar surface area (TPSA) is 83.7 Å². The van der Waals surface area contributed by atoms with E-state index in [1.165, 1.54) is 24.6 Å². The van der Waals surface area contributed by atoms with E-state index in [1.54, 1.807) is 6.20 Å². The molecular formula is C18H21ClN6S. The number of rotatable bonds is 4. The van der Waals surface area contributed by atoms with Crippen LogP contribution in [0.5, 0.6) is 0 Å². The Morgan fingerprint density at radius 3 is 2.88 bits per heavy atom. The average molecular weight is 389 g/mol. The molecule has 1 aromatic carbocycles. The highest BCUT2D eigenvalue weighted by Gasteiger charge is 2.27. The van der Waals surface area contributed by atoms with Crippen molar-refractivity contribution in [3.8, 4) is 0 Å². The largest absolute Gasteiger partial charge is 0.354 e. The summed E-state index contributed by atoms with van der Waals surface area (Å²) in [5, 5.41) is 8.83. The molecule has 3 aromatic rings. The number of aromatic amines is 1. The van der Waals surface area contributed by atoms with Crippen molar-refractivity contribution in [1.29, 1.82) is 0 Å². The molecule has 0 aliphatic heterocycles. The fourth-order valence-corrected chi connectivity index (χ4v) is 4.54. The summed E-state index contributed by atoms with van der Waals surface area (Å²) in [5.41, 5.74) is 7.73. The third-order valence-electron chi connectivity index (χ3n) is 4.91. The lowest BCUT2D eigenvalue weighted by Gasteiger charge is -2.36. The smallest absolute Gasteiger partial charge is 0.177 e. The van der Waals surface area contributed by atoms with Crippen molar-refractivity contribution in [2.24, 2.45) is 5.73 Å². The zero-order chi connectivity index (χ0) is 18.1. The van der Waals surface area contributed by atoms with Crippen LogP contribution in [0, 0.1) is 0 Å². The number of hydrogen-bond donors (Lipinski definition) is 2. The maximum absolute atomic E-state index is 6.31. The summed E-state index contributed by atoms with van der Waals surface area (Å²) in [5.74, 6) is 0.817. The third kappa shape index (κ3) is 3.39. The molecule has 26 heavy (non-hydrogen) atoms. The number of nitrogens with two attached hydrogens (primary N) is 1. The number of nitrogens with one attached hydrogen (secondary N) is 1. The van der Waals surface area contributed by atoms with Crippen LogP contribution in [0.4, 0.5) is 5.82 Å². The maximum Gasteiger partial charge on any atom is 0.177 e. The monoisotopic (exact) mass is 388 g/mol. The first-order chi connectivity index (χ1) is 12.6. The second-order valence-corrected chi connectivity index (χ2v) is 8.05. The molecular weight excluding hydrogens is 368 g/mol. The van der Waals surface area contributed by atoms with Crippen LogP contribution in [-0.2, 0) is 0 Å². The van der Waals surface area contributed by atoms with Gasteiger partial charge in [-0.15, -0.1) is 0 Å². The van der Waals surface area contributed by atoms with E-state index in [4.69, 9.17) is 22.3 Å². The number of H-pyrrole nitrogens is 1. The van der Waals surface area contributed by atoms with Gasteiger partial charge in [-0.2, -0.15) is 5.10 Å². The molecule has 3 N–H and O–H groups in total. The molecule has 0 unspecified atom stereocenters. The Balaban J connectivity index is 1.60. The summed E-state index contributed by atoms with van der Waals surface area (Å²) in [6, 6.07) is 8.18. The molecule has 6 nitrogen and oxygen atoms in total. The van der Waals surface area contributed by atoms with Crippen LogP contribution < -0.4 is 10.6 Å². The second-order valence-electron chi connectivity index (χ2n) is 6.61. The van der Waals surface area contributed by atoms with Gasteiger partial charge in [-0.1, -0.05) is 48.3 Å². The molecule has 2 aromatic heterocycles. The van der Waals surface area contributed by atoms with Gasteiger partial charge in [-0.25, -0.2) is 9.97 Å². The molecule has 2 heterocycles. The van der Waals surface area contributed by atoms with Crippen molar-refractivity contribution in [3.05, 3.63) is 35.5 Å². The summed E-state index contributed by atoms with van der Waals surface area (Å²) in [6.45, 7) is 0. The average Bonchev–Trinajstić information content (AvgIpc) is 3.05. The van der Waals surface area contributed by atoms with Crippen molar-refractivity contribution in [2.75, 3.05) is 11.9 Å². The predicted octanol–water partition coefficient (Wildman–Crippen LogP) is 3.86. The minimum atomic E-state index is 0.180. The first kappa shape index (κ1) is 17.6. The summed E-state index contributed by atoms with van der Waals surface area (Å²) in [6.07, 6.45) is 6.37. The lowest BCUT2D eigenvalue weighted by Crippen LogP contribution is -2.48. The third-order valence-corrected chi connectivity index (χ3v) is 6.40. The van der Waals surface area contributed by atoms with Crippen LogP contribution in [0.25, 0.3) is 11.2 Å². The van der Waals surface area contributed by atoms with E-state index in [9.17, 15) is 0 Å². The van der Waals surface area contributed by atoms with E-state index >= 15 is 0 Å². The number of benzene rings is 1. The first-order valence-electron chi connectivity index (χ1n) is 8.75. The Morgan fingerprint density at radius 1 is 1.27 bits per heavy atom. The van der Waals surface area contributed by atoms with Crippen LogP contribution in [0.15, 0.2) is 40.4 Å². The van der Waals surface area contributed by atoms with Crippen molar-refractivity contribution >= 4 is 40.3 Å². The lowest BCUT2D eigenvalue weighted by atomic mass is 9.90. The molecule has 0 amide bonds. The summed E-state index contributed by atoms with van der Waals surface area (Å²) in [4.78, 5) is 12.4. The molecule has 0 radical (unpaired) electrons. The molecule has 1 aliphatic carbocycles. The standard InChI is InChI=1S/C18H21ClN6S/c1-25(13-8-4-3-7-12(13)20)15-10-21-16-17(22-15)23-24-18(16)26-14-9-5-2-6-11(14)19/h2,5-6,9-10,12-13H,3-4,7-8,20H2,1H3,(H,22,23,24)/t12-,13+/m0/s1. The van der Waals surface area contributed by atoms with E-state index in [0.29, 0.717) is 16.7 Å². The van der Waals surface area contributed by atoms with Crippen LogP contribution >= 0.6 is 23.4 Å². The van der Waals surface area contributed by atoms with Gasteiger partial charge in [0.05, 0.1) is 11.2 Å². The first-order valence-corrected chi connectivity index (χ1v) is 9.95. The van der Waals surface area contributed by atoms with Crippen molar-refractivity contribution in [1.82, 2.24) is 20.2 Å². The fraction of sp³-hybridized carbons (Fsp3) is 0.389. The molecule has 1 fully saturated rings. The Hall–Kier alpha value is -1.83. The number of anilines is 1. The number of halogens is 1. The van der Waals surface area contributed by atoms with E-state index in [-0.39, 0.29) is 6.04 Å². The second kappa shape index (κ2) is 7.42. The number of aromatic nitrogens is 4. The number of hydrogen-bond acceptors (Lipinski definition) is 6. The molecule has 1 aliphatic rings. The molecule has 0 spiro atoms. The van der Waals surface area contributed by atoms with Crippen LogP contribution in [0.2, 0.25) is 5.02 Å². The van der Waals surface area contributed by atoms with Crippen LogP contribution in [-0.4, -0.2) is 39.3 Å². The van der Waals surface area contributed by atoms with Crippen LogP contribution in [0.3, 0.4) is 0 Å². The molecule has 1 saturated carbocycles. The van der Waals surface area contributed by atoms with Gasteiger partial charge in [0.15, 0.2) is 10.7 Å². The van der Waals surface area contributed by atoms with Crippen LogP contribution in [0.1, 0.15) is 25.7 Å². The highest BCUT2D eigenvalue weighted by atomic mass is 35.5. The molecule has 136 valence electrons. The maximum atomic E-state index is 6.31. The highest BCUT2D eigenvalue weighted by molar-refractivity contribution is 7.99. The number of fused-ring (bicyclic) bond motifs is 1. The van der Waals surface area contributed by atoms with E-state index in [2.05, 4.69) is 20.1 Å². The molecule has 0 bridgehead atoms. The van der Waals surface area contributed by atoms with Gasteiger partial charge >= 0.3 is 0 Å². The van der Waals surface area contributed by atoms with E-state index in [1.807, 2.05) is 31.3 Å². The molecule has 8 heteroatoms. The molecule has 4 rings (SSSR count). The van der Waals surface area contributed by atoms with Gasteiger partial charge in [0.25, 0.3) is 0 Å². The van der Waals surface area contributed by atoms with Crippen molar-refractivity contribution < 1.29 is 0 Å². The summed E-state index contributed by atoms with van der Waals surface area (Å²) >= 11 is 7.73. The van der Waals surface area contributed by atoms with Crippen molar-refractivity contribution in [2.45, 2.75) is 47.7 Å². The minimum Gasteiger partial charge on any atom is -0.354 e. The zero-order valence-electron chi connectivity index (χ0n) is 14.5. The van der Waals surface area contributed by atoms with Gasteiger partial charge in [0.1, 0.15) is 11.3 Å². The Labute approximate surface area is 161 Å². The zero-order valence-corrected chi connectivity index (χ0v) is 16.1. The van der Waals surface area contributed by atoms with E-state index < -0.39 is 0 Å². The highest BCUT2D eigenvalue weighted by Crippen LogP contribution is 2.35. The SMILES string of the molecule is CN(c1cnc2c(Sc3ccccc3Cl)n[nH]c2n1)[C@@H]1CCCC[C@@H]1N. The van der Waals surface area contributed by atoms with Crippen molar-refractivity contribution in [3.63, 3.8) is 0 Å². The molecule has 0 saturated heterocycles. The summed E-state index contributed by atoms with van der Waals surface area (Å²) in [7, 11) is 2.04.